The molecule has 0 saturated heterocycles. The normalized spacial score (nSPS) is 11.1. The number of hydrogen-bond donors (Lipinski definition) is 3. The summed E-state index contributed by atoms with van der Waals surface area (Å²) in [6.07, 6.45) is 0. The first-order chi connectivity index (χ1) is 12.1. The van der Waals surface area contributed by atoms with Gasteiger partial charge in [-0.25, -0.2) is 0 Å². The van der Waals surface area contributed by atoms with E-state index in [0.29, 0.717) is 16.7 Å². The van der Waals surface area contributed by atoms with Gasteiger partial charge in [0.25, 0.3) is 0 Å². The van der Waals surface area contributed by atoms with Gasteiger partial charge in [0.15, 0.2) is 0 Å². The van der Waals surface area contributed by atoms with Gasteiger partial charge in [0.05, 0.1) is 0 Å². The summed E-state index contributed by atoms with van der Waals surface area (Å²) in [7, 11) is 0. The molecule has 4 rings (SSSR count). The van der Waals surface area contributed by atoms with Crippen LogP contribution >= 0.6 is 0 Å². The number of fused-ring (bicyclic) bond motifs is 2. The second kappa shape index (κ2) is 5.64. The van der Waals surface area contributed by atoms with Crippen molar-refractivity contribution >= 4 is 27.3 Å². The predicted octanol–water partition coefficient (Wildman–Crippen LogP) is 5.46. The van der Waals surface area contributed by atoms with Crippen LogP contribution in [0, 0.1) is 5.41 Å². The van der Waals surface area contributed by atoms with E-state index in [1.165, 1.54) is 0 Å². The van der Waals surface area contributed by atoms with Gasteiger partial charge in [-0.15, -0.1) is 0 Å². The molecular weight excluding hydrogens is 310 g/mol. The lowest BCUT2D eigenvalue weighted by molar-refractivity contribution is 0.469. The summed E-state index contributed by atoms with van der Waals surface area (Å²) < 4.78 is 0. The smallest absolute Gasteiger partial charge is 0.133 e. The number of hydrogen-bond acceptors (Lipinski definition) is 3. The van der Waals surface area contributed by atoms with Crippen LogP contribution < -0.4 is 0 Å². The van der Waals surface area contributed by atoms with E-state index in [9.17, 15) is 10.2 Å². The lowest BCUT2D eigenvalue weighted by atomic mass is 9.89. The first-order valence-corrected chi connectivity index (χ1v) is 8.09. The molecule has 0 heterocycles. The van der Waals surface area contributed by atoms with Crippen LogP contribution in [0.4, 0.5) is 0 Å². The van der Waals surface area contributed by atoms with E-state index >= 15 is 0 Å². The third-order valence-corrected chi connectivity index (χ3v) is 4.58. The van der Waals surface area contributed by atoms with Gasteiger partial charge in [-0.3, -0.25) is 0 Å². The largest absolute Gasteiger partial charge is 0.507 e. The van der Waals surface area contributed by atoms with Gasteiger partial charge in [0, 0.05) is 22.4 Å². The van der Waals surface area contributed by atoms with Gasteiger partial charge in [-0.2, -0.15) is 0 Å². The Bertz CT molecular complexity index is 1150. The maximum Gasteiger partial charge on any atom is 0.133 e. The Morgan fingerprint density at radius 1 is 0.760 bits per heavy atom. The van der Waals surface area contributed by atoms with Gasteiger partial charge >= 0.3 is 0 Å². The highest BCUT2D eigenvalue weighted by Crippen LogP contribution is 2.46. The molecule has 0 aromatic heterocycles. The molecule has 25 heavy (non-hydrogen) atoms. The summed E-state index contributed by atoms with van der Waals surface area (Å²) in [6.45, 7) is 1.65. The molecule has 0 atom stereocenters. The van der Waals surface area contributed by atoms with E-state index in [-0.39, 0.29) is 17.2 Å². The van der Waals surface area contributed by atoms with Crippen LogP contribution in [-0.4, -0.2) is 15.9 Å². The second-order valence-electron chi connectivity index (χ2n) is 6.17. The van der Waals surface area contributed by atoms with E-state index in [1.807, 2.05) is 60.7 Å². The maximum atomic E-state index is 10.9. The Labute approximate surface area is 145 Å². The molecule has 0 fully saturated rings. The minimum Gasteiger partial charge on any atom is -0.507 e. The van der Waals surface area contributed by atoms with Gasteiger partial charge in [0.2, 0.25) is 0 Å². The van der Waals surface area contributed by atoms with Crippen molar-refractivity contribution in [2.75, 3.05) is 0 Å². The monoisotopic (exact) mass is 327 g/mol. The topological polar surface area (TPSA) is 64.3 Å². The predicted molar refractivity (Wildman–Crippen MR) is 103 cm³/mol. The highest BCUT2D eigenvalue weighted by Gasteiger charge is 2.20. The molecule has 122 valence electrons. The molecule has 4 aromatic carbocycles. The lowest BCUT2D eigenvalue weighted by Gasteiger charge is -2.16. The van der Waals surface area contributed by atoms with Crippen molar-refractivity contribution in [1.82, 2.24) is 0 Å². The summed E-state index contributed by atoms with van der Waals surface area (Å²) in [5.74, 6) is 0.136. The van der Waals surface area contributed by atoms with Crippen molar-refractivity contribution in [2.24, 2.45) is 0 Å². The summed E-state index contributed by atoms with van der Waals surface area (Å²) >= 11 is 0. The minimum absolute atomic E-state index is 0.0258. The van der Waals surface area contributed by atoms with E-state index < -0.39 is 0 Å². The zero-order valence-corrected chi connectivity index (χ0v) is 13.7. The van der Waals surface area contributed by atoms with Gasteiger partial charge in [-0.05, 0) is 40.6 Å². The Morgan fingerprint density at radius 3 is 2.04 bits per heavy atom. The Balaban J connectivity index is 2.24. The van der Waals surface area contributed by atoms with Crippen molar-refractivity contribution in [3.63, 3.8) is 0 Å². The number of nitrogens with one attached hydrogen (secondary N) is 1. The number of phenolic OH excluding ortho intramolecular Hbond substituents is 2. The summed E-state index contributed by atoms with van der Waals surface area (Å²) in [4.78, 5) is 0. The molecule has 3 nitrogen and oxygen atoms in total. The Morgan fingerprint density at radius 2 is 1.36 bits per heavy atom. The number of phenols is 2. The molecule has 0 saturated carbocycles. The van der Waals surface area contributed by atoms with Gasteiger partial charge in [0.1, 0.15) is 11.5 Å². The third kappa shape index (κ3) is 2.32. The molecule has 0 aliphatic carbocycles. The van der Waals surface area contributed by atoms with Crippen molar-refractivity contribution in [1.29, 1.82) is 5.41 Å². The standard InChI is InChI=1S/C22H17NO2/c1-13(23)18-12-15-7-3-5-9-17(15)21(22(18)25)20-16-8-4-2-6-14(16)10-11-19(20)24/h2-12,23-25H,1H3. The molecule has 0 aliphatic heterocycles. The van der Waals surface area contributed by atoms with Gasteiger partial charge < -0.3 is 15.6 Å². The fourth-order valence-electron chi connectivity index (χ4n) is 3.40. The molecule has 0 unspecified atom stereocenters. The zero-order chi connectivity index (χ0) is 17.6. The van der Waals surface area contributed by atoms with E-state index in [0.717, 1.165) is 21.5 Å². The van der Waals surface area contributed by atoms with Crippen LogP contribution in [-0.2, 0) is 0 Å². The van der Waals surface area contributed by atoms with Crippen LogP contribution in [0.2, 0.25) is 0 Å². The second-order valence-corrected chi connectivity index (χ2v) is 6.17. The van der Waals surface area contributed by atoms with Crippen molar-refractivity contribution in [3.8, 4) is 22.6 Å². The van der Waals surface area contributed by atoms with Crippen LogP contribution in [0.15, 0.2) is 66.7 Å². The van der Waals surface area contributed by atoms with Crippen LogP contribution in [0.5, 0.6) is 11.5 Å². The SMILES string of the molecule is CC(=N)c1cc2ccccc2c(-c2c(O)ccc3ccccc23)c1O. The van der Waals surface area contributed by atoms with E-state index in [1.54, 1.807) is 13.0 Å². The molecule has 0 spiro atoms. The van der Waals surface area contributed by atoms with E-state index in [2.05, 4.69) is 0 Å². The van der Waals surface area contributed by atoms with Crippen molar-refractivity contribution in [2.45, 2.75) is 6.92 Å². The van der Waals surface area contributed by atoms with Crippen LogP contribution in [0.25, 0.3) is 32.7 Å². The fourth-order valence-corrected chi connectivity index (χ4v) is 3.40. The zero-order valence-electron chi connectivity index (χ0n) is 13.7. The minimum atomic E-state index is 0.0258. The fraction of sp³-hybridized carbons (Fsp3) is 0.0455. The number of aromatic hydroxyl groups is 2. The third-order valence-electron chi connectivity index (χ3n) is 4.58. The van der Waals surface area contributed by atoms with Crippen LogP contribution in [0.1, 0.15) is 12.5 Å². The molecule has 0 radical (unpaired) electrons. The van der Waals surface area contributed by atoms with Crippen molar-refractivity contribution in [3.05, 3.63) is 72.3 Å². The highest BCUT2D eigenvalue weighted by molar-refractivity contribution is 6.14. The van der Waals surface area contributed by atoms with Crippen molar-refractivity contribution < 1.29 is 10.2 Å². The first-order valence-electron chi connectivity index (χ1n) is 8.09. The summed E-state index contributed by atoms with van der Waals surface area (Å²) in [5, 5.41) is 33.2. The first kappa shape index (κ1) is 15.2. The van der Waals surface area contributed by atoms with Crippen LogP contribution in [0.3, 0.4) is 0 Å². The van der Waals surface area contributed by atoms with Gasteiger partial charge in [-0.1, -0.05) is 54.6 Å². The molecule has 0 amide bonds. The number of benzene rings is 4. The maximum absolute atomic E-state index is 10.9. The molecule has 0 bridgehead atoms. The quantitative estimate of drug-likeness (QED) is 0.428. The molecule has 3 heteroatoms. The summed E-state index contributed by atoms with van der Waals surface area (Å²) in [6, 6.07) is 20.8. The molecular formula is C22H17NO2. The summed E-state index contributed by atoms with van der Waals surface area (Å²) in [5.41, 5.74) is 1.91. The molecule has 4 aromatic rings. The lowest BCUT2D eigenvalue weighted by Crippen LogP contribution is -1.96. The average molecular weight is 327 g/mol. The number of rotatable bonds is 2. The van der Waals surface area contributed by atoms with E-state index in [4.69, 9.17) is 5.41 Å². The Kier molecular flexibility index (Phi) is 3.43. The average Bonchev–Trinajstić information content (AvgIpc) is 2.62. The Hall–Kier alpha value is -3.33. The molecule has 3 N–H and O–H groups in total. The molecule has 0 aliphatic rings. The highest BCUT2D eigenvalue weighted by atomic mass is 16.3.